The Morgan fingerprint density at radius 3 is 2.28 bits per heavy atom. The number of ether oxygens (including phenoxy) is 1. The second-order valence-corrected chi connectivity index (χ2v) is 5.41. The average Bonchev–Trinajstić information content (AvgIpc) is 2.27. The Kier molecular flexibility index (Phi) is 6.37. The first-order valence-corrected chi connectivity index (χ1v) is 6.82. The SMILES string of the molecule is COCCNC(C)C(C)Cc1cc(C)cc(C)c1. The van der Waals surface area contributed by atoms with Gasteiger partial charge in [0.05, 0.1) is 6.61 Å². The molecule has 18 heavy (non-hydrogen) atoms. The first-order chi connectivity index (χ1) is 8.52. The third-order valence-electron chi connectivity index (χ3n) is 3.47. The van der Waals surface area contributed by atoms with Crippen LogP contribution in [-0.4, -0.2) is 26.3 Å². The van der Waals surface area contributed by atoms with E-state index < -0.39 is 0 Å². The molecule has 1 rings (SSSR count). The minimum absolute atomic E-state index is 0.515. The largest absolute Gasteiger partial charge is 0.383 e. The lowest BCUT2D eigenvalue weighted by Gasteiger charge is -2.21. The molecule has 102 valence electrons. The molecule has 0 saturated heterocycles. The van der Waals surface area contributed by atoms with Gasteiger partial charge in [-0.05, 0) is 38.7 Å². The van der Waals surface area contributed by atoms with Crippen molar-refractivity contribution < 1.29 is 4.74 Å². The van der Waals surface area contributed by atoms with Gasteiger partial charge in [0.1, 0.15) is 0 Å². The first-order valence-electron chi connectivity index (χ1n) is 6.82. The second kappa shape index (κ2) is 7.55. The molecular weight excluding hydrogens is 222 g/mol. The summed E-state index contributed by atoms with van der Waals surface area (Å²) in [5.41, 5.74) is 4.16. The zero-order valence-corrected chi connectivity index (χ0v) is 12.4. The maximum atomic E-state index is 5.06. The van der Waals surface area contributed by atoms with Crippen LogP contribution in [0.2, 0.25) is 0 Å². The standard InChI is InChI=1S/C16H27NO/c1-12-8-13(2)10-16(9-12)11-14(3)15(4)17-6-7-18-5/h8-10,14-15,17H,6-7,11H2,1-5H3. The van der Waals surface area contributed by atoms with Gasteiger partial charge in [0.25, 0.3) is 0 Å². The summed E-state index contributed by atoms with van der Waals surface area (Å²) in [6.45, 7) is 10.6. The van der Waals surface area contributed by atoms with Crippen LogP contribution in [-0.2, 0) is 11.2 Å². The first kappa shape index (κ1) is 15.2. The molecule has 0 amide bonds. The van der Waals surface area contributed by atoms with E-state index in [1.807, 2.05) is 0 Å². The molecule has 1 aromatic carbocycles. The van der Waals surface area contributed by atoms with Crippen molar-refractivity contribution in [1.29, 1.82) is 0 Å². The lowest BCUT2D eigenvalue weighted by atomic mass is 9.93. The minimum Gasteiger partial charge on any atom is -0.383 e. The fraction of sp³-hybridized carbons (Fsp3) is 0.625. The summed E-state index contributed by atoms with van der Waals surface area (Å²) in [6, 6.07) is 7.34. The highest BCUT2D eigenvalue weighted by molar-refractivity contribution is 5.28. The molecule has 2 unspecified atom stereocenters. The Morgan fingerprint density at radius 2 is 1.72 bits per heavy atom. The summed E-state index contributed by atoms with van der Waals surface area (Å²) in [5, 5.41) is 3.51. The van der Waals surface area contributed by atoms with Gasteiger partial charge in [0.2, 0.25) is 0 Å². The van der Waals surface area contributed by atoms with Crippen LogP contribution in [0.4, 0.5) is 0 Å². The molecule has 2 heteroatoms. The highest BCUT2D eigenvalue weighted by Gasteiger charge is 2.12. The summed E-state index contributed by atoms with van der Waals surface area (Å²) >= 11 is 0. The van der Waals surface area contributed by atoms with Crippen LogP contribution < -0.4 is 5.32 Å². The molecular formula is C16H27NO. The van der Waals surface area contributed by atoms with E-state index >= 15 is 0 Å². The summed E-state index contributed by atoms with van der Waals surface area (Å²) in [6.07, 6.45) is 1.13. The van der Waals surface area contributed by atoms with Crippen molar-refractivity contribution in [2.75, 3.05) is 20.3 Å². The minimum atomic E-state index is 0.515. The number of hydrogen-bond acceptors (Lipinski definition) is 2. The fourth-order valence-corrected chi connectivity index (χ4v) is 2.33. The zero-order valence-electron chi connectivity index (χ0n) is 12.4. The van der Waals surface area contributed by atoms with Crippen LogP contribution in [0.3, 0.4) is 0 Å². The molecule has 0 spiro atoms. The molecule has 0 aromatic heterocycles. The number of nitrogens with one attached hydrogen (secondary N) is 1. The molecule has 0 heterocycles. The average molecular weight is 249 g/mol. The van der Waals surface area contributed by atoms with Gasteiger partial charge in [-0.2, -0.15) is 0 Å². The van der Waals surface area contributed by atoms with E-state index in [1.54, 1.807) is 7.11 Å². The number of hydrogen-bond donors (Lipinski definition) is 1. The predicted octanol–water partition coefficient (Wildman–Crippen LogP) is 3.11. The van der Waals surface area contributed by atoms with Crippen molar-refractivity contribution in [2.45, 2.75) is 40.2 Å². The van der Waals surface area contributed by atoms with Crippen molar-refractivity contribution in [2.24, 2.45) is 5.92 Å². The molecule has 1 N–H and O–H groups in total. The van der Waals surface area contributed by atoms with Crippen LogP contribution in [0.15, 0.2) is 18.2 Å². The third kappa shape index (κ3) is 5.19. The van der Waals surface area contributed by atoms with E-state index in [2.05, 4.69) is 51.2 Å². The molecule has 0 fully saturated rings. The molecule has 0 aliphatic heterocycles. The van der Waals surface area contributed by atoms with Crippen molar-refractivity contribution in [1.82, 2.24) is 5.32 Å². The normalized spacial score (nSPS) is 14.5. The molecule has 0 aliphatic carbocycles. The van der Waals surface area contributed by atoms with Crippen LogP contribution in [0.1, 0.15) is 30.5 Å². The van der Waals surface area contributed by atoms with Crippen molar-refractivity contribution in [3.63, 3.8) is 0 Å². The number of aryl methyl sites for hydroxylation is 2. The van der Waals surface area contributed by atoms with Gasteiger partial charge in [0.15, 0.2) is 0 Å². The molecule has 2 atom stereocenters. The molecule has 2 nitrogen and oxygen atoms in total. The lowest BCUT2D eigenvalue weighted by molar-refractivity contribution is 0.192. The Morgan fingerprint density at radius 1 is 1.11 bits per heavy atom. The molecule has 1 aromatic rings. The quantitative estimate of drug-likeness (QED) is 0.750. The maximum absolute atomic E-state index is 5.06. The molecule has 0 aliphatic rings. The highest BCUT2D eigenvalue weighted by atomic mass is 16.5. The van der Waals surface area contributed by atoms with E-state index in [0.717, 1.165) is 19.6 Å². The van der Waals surface area contributed by atoms with E-state index in [1.165, 1.54) is 16.7 Å². The topological polar surface area (TPSA) is 21.3 Å². The van der Waals surface area contributed by atoms with Gasteiger partial charge in [-0.1, -0.05) is 36.2 Å². The highest BCUT2D eigenvalue weighted by Crippen LogP contribution is 2.15. The number of rotatable bonds is 7. The van der Waals surface area contributed by atoms with Crippen molar-refractivity contribution >= 4 is 0 Å². The van der Waals surface area contributed by atoms with Crippen LogP contribution in [0.5, 0.6) is 0 Å². The zero-order chi connectivity index (χ0) is 13.5. The Labute approximate surface area is 112 Å². The Bertz CT molecular complexity index is 342. The fourth-order valence-electron chi connectivity index (χ4n) is 2.33. The van der Waals surface area contributed by atoms with Gasteiger partial charge >= 0.3 is 0 Å². The monoisotopic (exact) mass is 249 g/mol. The van der Waals surface area contributed by atoms with E-state index in [4.69, 9.17) is 4.74 Å². The van der Waals surface area contributed by atoms with Crippen LogP contribution >= 0.6 is 0 Å². The summed E-state index contributed by atoms with van der Waals surface area (Å²) in [7, 11) is 1.74. The summed E-state index contributed by atoms with van der Waals surface area (Å²) in [5.74, 6) is 0.628. The predicted molar refractivity (Wildman–Crippen MR) is 78.1 cm³/mol. The van der Waals surface area contributed by atoms with Crippen molar-refractivity contribution in [3.8, 4) is 0 Å². The third-order valence-corrected chi connectivity index (χ3v) is 3.47. The van der Waals surface area contributed by atoms with Gasteiger partial charge in [0, 0.05) is 19.7 Å². The van der Waals surface area contributed by atoms with Crippen LogP contribution in [0, 0.1) is 19.8 Å². The van der Waals surface area contributed by atoms with E-state index in [0.29, 0.717) is 12.0 Å². The van der Waals surface area contributed by atoms with Gasteiger partial charge < -0.3 is 10.1 Å². The molecule has 0 bridgehead atoms. The van der Waals surface area contributed by atoms with E-state index in [9.17, 15) is 0 Å². The van der Waals surface area contributed by atoms with Gasteiger partial charge in [-0.3, -0.25) is 0 Å². The maximum Gasteiger partial charge on any atom is 0.0587 e. The number of methoxy groups -OCH3 is 1. The van der Waals surface area contributed by atoms with E-state index in [-0.39, 0.29) is 0 Å². The second-order valence-electron chi connectivity index (χ2n) is 5.41. The van der Waals surface area contributed by atoms with Crippen molar-refractivity contribution in [3.05, 3.63) is 34.9 Å². The van der Waals surface area contributed by atoms with Crippen LogP contribution in [0.25, 0.3) is 0 Å². The van der Waals surface area contributed by atoms with Gasteiger partial charge in [-0.15, -0.1) is 0 Å². The molecule has 0 saturated carbocycles. The molecule has 0 radical (unpaired) electrons. The number of benzene rings is 1. The smallest absolute Gasteiger partial charge is 0.0587 e. The lowest BCUT2D eigenvalue weighted by Crippen LogP contribution is -2.35. The Hall–Kier alpha value is -0.860. The summed E-state index contributed by atoms with van der Waals surface area (Å²) < 4.78 is 5.06. The van der Waals surface area contributed by atoms with Gasteiger partial charge in [-0.25, -0.2) is 0 Å². The summed E-state index contributed by atoms with van der Waals surface area (Å²) in [4.78, 5) is 0. The Balaban J connectivity index is 2.49.